The number of nitrogens with zero attached hydrogens (tertiary/aromatic N) is 6. The van der Waals surface area contributed by atoms with E-state index in [0.717, 1.165) is 22.6 Å². The fourth-order valence-corrected chi connectivity index (χ4v) is 4.30. The van der Waals surface area contributed by atoms with E-state index >= 15 is 0 Å². The Hall–Kier alpha value is -6.12. The Balaban J connectivity index is 0.000000731. The molecule has 0 unspecified atom stereocenters. The largest absolute Gasteiger partial charge is 0.473 e. The van der Waals surface area contributed by atoms with Crippen molar-refractivity contribution in [2.24, 2.45) is 7.05 Å². The molecular weight excluding hydrogens is 598 g/mol. The quantitative estimate of drug-likeness (QED) is 0.149. The highest BCUT2D eigenvalue weighted by molar-refractivity contribution is 6.27. The van der Waals surface area contributed by atoms with Crippen LogP contribution in [-0.2, 0) is 32.7 Å². The smallest absolute Gasteiger partial charge is 0.414 e. The molecule has 0 radical (unpaired) electrons. The second-order valence-corrected chi connectivity index (χ2v) is 9.67. The maximum Gasteiger partial charge on any atom is 0.414 e. The van der Waals surface area contributed by atoms with E-state index in [0.29, 0.717) is 35.2 Å². The van der Waals surface area contributed by atoms with E-state index in [1.54, 1.807) is 50.4 Å². The highest BCUT2D eigenvalue weighted by atomic mass is 16.5. The predicted molar refractivity (Wildman–Crippen MR) is 165 cm³/mol. The lowest BCUT2D eigenvalue weighted by Gasteiger charge is -2.21. The van der Waals surface area contributed by atoms with Crippen LogP contribution >= 0.6 is 0 Å². The highest BCUT2D eigenvalue weighted by Crippen LogP contribution is 2.22. The van der Waals surface area contributed by atoms with Gasteiger partial charge in [-0.15, -0.1) is 0 Å². The van der Waals surface area contributed by atoms with E-state index in [2.05, 4.69) is 20.4 Å². The lowest BCUT2D eigenvalue weighted by atomic mass is 10.1. The number of fused-ring (bicyclic) bond motifs is 1. The standard InChI is InChI=1S/C29H29N7O4.C2H2O4/c1-4-39-27(37)14-16-36(25-7-5-6-15-30-25)29(38)21-10-13-24-23(17-21)33-26(35(24)3)18-31-22-11-8-20(9-12-22)28-32-19(2)40-34-28;3-1(4)2(5)6/h5-13,15,17,31H,4,14,16,18H2,1-3H3;(H,3,4)(H,5,6). The number of benzene rings is 2. The van der Waals surface area contributed by atoms with Gasteiger partial charge in [-0.2, -0.15) is 4.98 Å². The Morgan fingerprint density at radius 2 is 1.74 bits per heavy atom. The molecule has 15 nitrogen and oxygen atoms in total. The molecule has 0 aliphatic heterocycles. The lowest BCUT2D eigenvalue weighted by Crippen LogP contribution is -2.34. The molecule has 2 aromatic carbocycles. The van der Waals surface area contributed by atoms with Gasteiger partial charge in [-0.1, -0.05) is 11.2 Å². The number of carbonyl (C=O) groups excluding carboxylic acids is 2. The second-order valence-electron chi connectivity index (χ2n) is 9.67. The van der Waals surface area contributed by atoms with Gasteiger partial charge in [0.15, 0.2) is 0 Å². The van der Waals surface area contributed by atoms with Gasteiger partial charge in [0.2, 0.25) is 11.7 Å². The molecule has 0 spiro atoms. The van der Waals surface area contributed by atoms with Crippen LogP contribution < -0.4 is 10.2 Å². The first-order valence-corrected chi connectivity index (χ1v) is 14.0. The van der Waals surface area contributed by atoms with Crippen LogP contribution in [0.3, 0.4) is 0 Å². The summed E-state index contributed by atoms with van der Waals surface area (Å²) in [4.78, 5) is 58.6. The Labute approximate surface area is 262 Å². The monoisotopic (exact) mass is 629 g/mol. The average Bonchev–Trinajstić information content (AvgIpc) is 3.63. The van der Waals surface area contributed by atoms with Crippen LogP contribution in [0.1, 0.15) is 35.4 Å². The summed E-state index contributed by atoms with van der Waals surface area (Å²) < 4.78 is 12.1. The average molecular weight is 630 g/mol. The Morgan fingerprint density at radius 1 is 1.00 bits per heavy atom. The Bertz CT molecular complexity index is 1820. The SMILES string of the molecule is CCOC(=O)CCN(C(=O)c1ccc2c(c1)nc(CNc1ccc(-c3noc(C)n3)cc1)n2C)c1ccccn1.O=C(O)C(=O)O. The van der Waals surface area contributed by atoms with Crippen molar-refractivity contribution in [3.63, 3.8) is 0 Å². The van der Waals surface area contributed by atoms with E-state index in [1.165, 1.54) is 4.90 Å². The summed E-state index contributed by atoms with van der Waals surface area (Å²) in [6.07, 6.45) is 1.68. The number of aromatic nitrogens is 5. The van der Waals surface area contributed by atoms with Crippen LogP contribution in [0.2, 0.25) is 0 Å². The molecule has 3 aromatic heterocycles. The topological polar surface area (TPSA) is 203 Å². The third kappa shape index (κ3) is 8.28. The fourth-order valence-electron chi connectivity index (χ4n) is 4.30. The fraction of sp³-hybridized carbons (Fsp3) is 0.226. The van der Waals surface area contributed by atoms with Crippen LogP contribution in [0, 0.1) is 6.92 Å². The first kappa shape index (κ1) is 32.8. The van der Waals surface area contributed by atoms with Gasteiger partial charge in [-0.25, -0.2) is 19.6 Å². The number of carbonyl (C=O) groups is 4. The molecule has 0 atom stereocenters. The van der Waals surface area contributed by atoms with Crippen LogP contribution in [0.25, 0.3) is 22.4 Å². The van der Waals surface area contributed by atoms with Crippen LogP contribution in [0.4, 0.5) is 11.5 Å². The van der Waals surface area contributed by atoms with E-state index in [9.17, 15) is 9.59 Å². The summed E-state index contributed by atoms with van der Waals surface area (Å²) in [6.45, 7) is 4.42. The van der Waals surface area contributed by atoms with Gasteiger partial charge < -0.3 is 29.4 Å². The number of rotatable bonds is 10. The van der Waals surface area contributed by atoms with Gasteiger partial charge in [-0.3, -0.25) is 14.5 Å². The van der Waals surface area contributed by atoms with E-state index in [1.807, 2.05) is 41.9 Å². The first-order chi connectivity index (χ1) is 22.1. The number of pyridine rings is 1. The van der Waals surface area contributed by atoms with Crippen molar-refractivity contribution < 1.29 is 38.7 Å². The van der Waals surface area contributed by atoms with E-state index in [-0.39, 0.29) is 31.4 Å². The number of ether oxygens (including phenoxy) is 1. The third-order valence-corrected chi connectivity index (χ3v) is 6.54. The summed E-state index contributed by atoms with van der Waals surface area (Å²) in [5.41, 5.74) is 3.82. The molecule has 1 amide bonds. The maximum atomic E-state index is 13.6. The van der Waals surface area contributed by atoms with E-state index in [4.69, 9.17) is 34.0 Å². The lowest BCUT2D eigenvalue weighted by molar-refractivity contribution is -0.159. The van der Waals surface area contributed by atoms with Crippen LogP contribution in [0.5, 0.6) is 0 Å². The molecule has 0 saturated carbocycles. The van der Waals surface area contributed by atoms with Gasteiger partial charge in [-0.05, 0) is 61.5 Å². The molecule has 15 heteroatoms. The van der Waals surface area contributed by atoms with Gasteiger partial charge in [0, 0.05) is 43.5 Å². The number of imidazole rings is 1. The molecule has 0 aliphatic rings. The molecule has 3 heterocycles. The number of carboxylic acid groups (broad SMARTS) is 2. The summed E-state index contributed by atoms with van der Waals surface area (Å²) >= 11 is 0. The number of hydrogen-bond donors (Lipinski definition) is 3. The van der Waals surface area contributed by atoms with Gasteiger partial charge in [0.1, 0.15) is 11.6 Å². The normalized spacial score (nSPS) is 10.5. The van der Waals surface area contributed by atoms with Crippen molar-refractivity contribution in [2.45, 2.75) is 26.8 Å². The minimum absolute atomic E-state index is 0.0630. The second kappa shape index (κ2) is 15.1. The first-order valence-electron chi connectivity index (χ1n) is 14.0. The molecule has 5 rings (SSSR count). The minimum Gasteiger partial charge on any atom is -0.473 e. The Kier molecular flexibility index (Phi) is 10.7. The summed E-state index contributed by atoms with van der Waals surface area (Å²) in [6, 6.07) is 18.5. The number of esters is 1. The van der Waals surface area contributed by atoms with Crippen molar-refractivity contribution in [1.29, 1.82) is 0 Å². The molecule has 238 valence electrons. The molecule has 0 saturated heterocycles. The number of nitrogens with one attached hydrogen (secondary N) is 1. The number of carboxylic acids is 2. The van der Waals surface area contributed by atoms with Crippen molar-refractivity contribution in [3.8, 4) is 11.4 Å². The van der Waals surface area contributed by atoms with Crippen LogP contribution in [0.15, 0.2) is 71.4 Å². The molecule has 5 aromatic rings. The van der Waals surface area contributed by atoms with E-state index < -0.39 is 11.9 Å². The zero-order valence-corrected chi connectivity index (χ0v) is 25.2. The number of aryl methyl sites for hydroxylation is 2. The van der Waals surface area contributed by atoms with Crippen molar-refractivity contribution in [1.82, 2.24) is 24.7 Å². The van der Waals surface area contributed by atoms with Crippen molar-refractivity contribution >= 4 is 46.4 Å². The molecular formula is C31H31N7O8. The summed E-state index contributed by atoms with van der Waals surface area (Å²) in [5, 5.41) is 22.1. The molecule has 0 fully saturated rings. The number of anilines is 2. The molecule has 46 heavy (non-hydrogen) atoms. The third-order valence-electron chi connectivity index (χ3n) is 6.54. The molecule has 3 N–H and O–H groups in total. The predicted octanol–water partition coefficient (Wildman–Crippen LogP) is 3.69. The maximum absolute atomic E-state index is 13.6. The minimum atomic E-state index is -1.82. The summed E-state index contributed by atoms with van der Waals surface area (Å²) in [7, 11) is 1.94. The van der Waals surface area contributed by atoms with Gasteiger partial charge in [0.25, 0.3) is 5.91 Å². The zero-order chi connectivity index (χ0) is 33.2. The molecule has 0 bridgehead atoms. The zero-order valence-electron chi connectivity index (χ0n) is 25.2. The van der Waals surface area contributed by atoms with Gasteiger partial charge in [0.05, 0.1) is 30.6 Å². The van der Waals surface area contributed by atoms with Crippen molar-refractivity contribution in [3.05, 3.63) is 84.1 Å². The molecule has 0 aliphatic carbocycles. The summed E-state index contributed by atoms with van der Waals surface area (Å²) in [5.74, 6) is -1.95. The number of hydrogen-bond acceptors (Lipinski definition) is 11. The van der Waals surface area contributed by atoms with Gasteiger partial charge >= 0.3 is 17.9 Å². The number of aliphatic carboxylic acids is 2. The Morgan fingerprint density at radius 3 is 2.35 bits per heavy atom. The van der Waals surface area contributed by atoms with Crippen molar-refractivity contribution in [2.75, 3.05) is 23.4 Å². The highest BCUT2D eigenvalue weighted by Gasteiger charge is 2.21. The number of amides is 1. The van der Waals surface area contributed by atoms with Crippen LogP contribution in [-0.4, -0.2) is 71.9 Å².